The number of hydrogen-bond acceptors (Lipinski definition) is 4. The monoisotopic (exact) mass is 453 g/mol. The first-order valence-electron chi connectivity index (χ1n) is 11.2. The van der Waals surface area contributed by atoms with Crippen LogP contribution in [0.25, 0.3) is 0 Å². The molecule has 33 heavy (non-hydrogen) atoms. The first-order valence-corrected chi connectivity index (χ1v) is 11.2. The van der Waals surface area contributed by atoms with E-state index in [0.717, 1.165) is 17.5 Å². The van der Waals surface area contributed by atoms with E-state index < -0.39 is 29.7 Å². The minimum absolute atomic E-state index is 0.302. The summed E-state index contributed by atoms with van der Waals surface area (Å²) in [5.41, 5.74) is 2.11. The molecule has 0 saturated heterocycles. The second kappa shape index (κ2) is 11.5. The van der Waals surface area contributed by atoms with Crippen molar-refractivity contribution < 1.29 is 19.1 Å². The van der Waals surface area contributed by atoms with Crippen LogP contribution in [0.5, 0.6) is 0 Å². The van der Waals surface area contributed by atoms with Crippen molar-refractivity contribution in [3.05, 3.63) is 71.3 Å². The minimum atomic E-state index is -0.871. The molecule has 0 aliphatic rings. The molecular weight excluding hydrogens is 418 g/mol. The third-order valence-electron chi connectivity index (χ3n) is 5.10. The molecule has 0 aliphatic heterocycles. The van der Waals surface area contributed by atoms with Crippen molar-refractivity contribution in [2.24, 2.45) is 0 Å². The number of amides is 3. The molecule has 0 aliphatic carbocycles. The largest absolute Gasteiger partial charge is 0.444 e. The van der Waals surface area contributed by atoms with Gasteiger partial charge in [0.25, 0.3) is 0 Å². The third kappa shape index (κ3) is 7.93. The van der Waals surface area contributed by atoms with Gasteiger partial charge in [0.2, 0.25) is 11.8 Å². The molecule has 2 N–H and O–H groups in total. The molecular formula is C26H35N3O4. The predicted molar refractivity (Wildman–Crippen MR) is 128 cm³/mol. The number of alkyl carbamates (subject to hydrolysis) is 1. The van der Waals surface area contributed by atoms with E-state index in [4.69, 9.17) is 4.74 Å². The first-order chi connectivity index (χ1) is 15.5. The lowest BCUT2D eigenvalue weighted by molar-refractivity contribution is -0.140. The lowest BCUT2D eigenvalue weighted by atomic mass is 10.0. The van der Waals surface area contributed by atoms with Crippen molar-refractivity contribution in [3.8, 4) is 0 Å². The van der Waals surface area contributed by atoms with E-state index in [9.17, 15) is 14.4 Å². The summed E-state index contributed by atoms with van der Waals surface area (Å²) in [6.45, 7) is 9.21. The molecule has 0 fully saturated rings. The van der Waals surface area contributed by atoms with E-state index in [1.807, 2.05) is 54.6 Å². The Morgan fingerprint density at radius 1 is 0.970 bits per heavy atom. The molecule has 0 saturated carbocycles. The topological polar surface area (TPSA) is 87.7 Å². The molecule has 2 unspecified atom stereocenters. The fourth-order valence-corrected chi connectivity index (χ4v) is 3.35. The van der Waals surface area contributed by atoms with Gasteiger partial charge in [-0.2, -0.15) is 0 Å². The normalized spacial score (nSPS) is 12.9. The second-order valence-corrected chi connectivity index (χ2v) is 9.02. The van der Waals surface area contributed by atoms with Crippen LogP contribution < -0.4 is 10.6 Å². The fourth-order valence-electron chi connectivity index (χ4n) is 3.35. The molecule has 2 atom stereocenters. The summed E-state index contributed by atoms with van der Waals surface area (Å²) >= 11 is 0. The zero-order valence-electron chi connectivity index (χ0n) is 20.3. The van der Waals surface area contributed by atoms with Gasteiger partial charge in [-0.3, -0.25) is 9.59 Å². The Hall–Kier alpha value is -3.35. The molecule has 0 bridgehead atoms. The minimum Gasteiger partial charge on any atom is -0.444 e. The molecule has 3 amide bonds. The molecule has 0 radical (unpaired) electrons. The zero-order valence-corrected chi connectivity index (χ0v) is 20.3. The van der Waals surface area contributed by atoms with E-state index in [1.54, 1.807) is 34.7 Å². The highest BCUT2D eigenvalue weighted by Crippen LogP contribution is 2.22. The Kier molecular flexibility index (Phi) is 9.02. The van der Waals surface area contributed by atoms with E-state index >= 15 is 0 Å². The first kappa shape index (κ1) is 25.9. The van der Waals surface area contributed by atoms with E-state index in [2.05, 4.69) is 17.6 Å². The Morgan fingerprint density at radius 2 is 1.58 bits per heavy atom. The van der Waals surface area contributed by atoms with Gasteiger partial charge in [0.15, 0.2) is 0 Å². The third-order valence-corrected chi connectivity index (χ3v) is 5.10. The van der Waals surface area contributed by atoms with E-state index in [0.29, 0.717) is 12.1 Å². The highest BCUT2D eigenvalue weighted by atomic mass is 16.6. The molecule has 178 valence electrons. The molecule has 0 aromatic heterocycles. The predicted octanol–water partition coefficient (Wildman–Crippen LogP) is 3.98. The van der Waals surface area contributed by atoms with Crippen LogP contribution in [0, 0.1) is 0 Å². The van der Waals surface area contributed by atoms with E-state index in [-0.39, 0.29) is 5.91 Å². The van der Waals surface area contributed by atoms with Crippen LogP contribution in [-0.4, -0.2) is 41.5 Å². The number of nitrogens with zero attached hydrogens (tertiary/aromatic N) is 1. The smallest absolute Gasteiger partial charge is 0.408 e. The average Bonchev–Trinajstić information content (AvgIpc) is 2.77. The number of nitrogens with one attached hydrogen (secondary N) is 2. The quantitative estimate of drug-likeness (QED) is 0.633. The maximum Gasteiger partial charge on any atom is 0.408 e. The molecule has 0 spiro atoms. The Bertz CT molecular complexity index is 936. The van der Waals surface area contributed by atoms with Gasteiger partial charge < -0.3 is 20.3 Å². The van der Waals surface area contributed by atoms with Crippen molar-refractivity contribution in [1.82, 2.24) is 15.5 Å². The van der Waals surface area contributed by atoms with Crippen LogP contribution >= 0.6 is 0 Å². The van der Waals surface area contributed by atoms with Crippen LogP contribution in [0.4, 0.5) is 4.79 Å². The summed E-state index contributed by atoms with van der Waals surface area (Å²) in [4.78, 5) is 39.8. The van der Waals surface area contributed by atoms with Crippen molar-refractivity contribution >= 4 is 17.9 Å². The number of carbonyl (C=O) groups is 3. The van der Waals surface area contributed by atoms with Gasteiger partial charge in [-0.15, -0.1) is 0 Å². The number of rotatable bonds is 8. The second-order valence-electron chi connectivity index (χ2n) is 9.02. The molecule has 7 nitrogen and oxygen atoms in total. The lowest BCUT2D eigenvalue weighted by Gasteiger charge is -2.30. The highest BCUT2D eigenvalue weighted by Gasteiger charge is 2.32. The zero-order chi connectivity index (χ0) is 24.6. The fraction of sp³-hybridized carbons (Fsp3) is 0.423. The molecule has 0 heterocycles. The number of benzene rings is 2. The van der Waals surface area contributed by atoms with Crippen molar-refractivity contribution in [2.75, 3.05) is 7.05 Å². The summed E-state index contributed by atoms with van der Waals surface area (Å²) in [6, 6.07) is 15.5. The summed E-state index contributed by atoms with van der Waals surface area (Å²) in [6.07, 6.45) is 0.186. The molecule has 2 aromatic rings. The van der Waals surface area contributed by atoms with Crippen LogP contribution in [0.1, 0.15) is 57.4 Å². The summed E-state index contributed by atoms with van der Waals surface area (Å²) in [5, 5.41) is 5.48. The van der Waals surface area contributed by atoms with Gasteiger partial charge in [0.1, 0.15) is 17.7 Å². The Labute approximate surface area is 196 Å². The lowest BCUT2D eigenvalue weighted by Crippen LogP contribution is -2.50. The van der Waals surface area contributed by atoms with Gasteiger partial charge in [-0.05, 0) is 50.8 Å². The summed E-state index contributed by atoms with van der Waals surface area (Å²) < 4.78 is 5.24. The Balaban J connectivity index is 2.20. The van der Waals surface area contributed by atoms with Crippen molar-refractivity contribution in [3.63, 3.8) is 0 Å². The maximum atomic E-state index is 13.2. The van der Waals surface area contributed by atoms with Gasteiger partial charge >= 0.3 is 6.09 Å². The maximum absolute atomic E-state index is 13.2. The number of ether oxygens (including phenoxy) is 1. The number of aryl methyl sites for hydroxylation is 1. The van der Waals surface area contributed by atoms with Crippen LogP contribution in [0.3, 0.4) is 0 Å². The van der Waals surface area contributed by atoms with Crippen LogP contribution in [-0.2, 0) is 27.3 Å². The molecule has 7 heteroatoms. The van der Waals surface area contributed by atoms with Crippen LogP contribution in [0.2, 0.25) is 0 Å². The molecule has 2 aromatic carbocycles. The summed E-state index contributed by atoms with van der Waals surface area (Å²) in [7, 11) is 1.57. The van der Waals surface area contributed by atoms with Gasteiger partial charge in [0.05, 0.1) is 0 Å². The van der Waals surface area contributed by atoms with Gasteiger partial charge in [-0.1, -0.05) is 61.5 Å². The standard InChI is InChI=1S/C26H35N3O4/c1-7-19-13-15-21(16-14-19)22(23(30)27-17-20-11-9-8-10-12-20)29(6)24(31)18(2)28-25(32)33-26(3,4)5/h8-16,18,22H,7,17H2,1-6H3,(H,27,30)(H,28,32). The van der Waals surface area contributed by atoms with E-state index in [1.165, 1.54) is 4.90 Å². The number of carbonyl (C=O) groups excluding carboxylic acids is 3. The van der Waals surface area contributed by atoms with Gasteiger partial charge in [-0.25, -0.2) is 4.79 Å². The summed E-state index contributed by atoms with van der Waals surface area (Å²) in [5.74, 6) is -0.705. The highest BCUT2D eigenvalue weighted by molar-refractivity contribution is 5.91. The SMILES string of the molecule is CCc1ccc(C(C(=O)NCc2ccccc2)N(C)C(=O)C(C)NC(=O)OC(C)(C)C)cc1. The van der Waals surface area contributed by atoms with Crippen molar-refractivity contribution in [1.29, 1.82) is 0 Å². The van der Waals surface area contributed by atoms with Gasteiger partial charge in [0, 0.05) is 13.6 Å². The van der Waals surface area contributed by atoms with Crippen LogP contribution in [0.15, 0.2) is 54.6 Å². The number of hydrogen-bond donors (Lipinski definition) is 2. The number of likely N-dealkylation sites (N-methyl/N-ethyl adjacent to an activating group) is 1. The Morgan fingerprint density at radius 3 is 2.12 bits per heavy atom. The average molecular weight is 454 g/mol. The molecule has 2 rings (SSSR count). The van der Waals surface area contributed by atoms with Crippen molar-refractivity contribution in [2.45, 2.75) is 65.3 Å².